The smallest absolute Gasteiger partial charge is 0.321 e. The van der Waals surface area contributed by atoms with E-state index in [4.69, 9.17) is 9.05 Å². The Balaban J connectivity index is 1.92. The second kappa shape index (κ2) is 17.1. The third-order valence-electron chi connectivity index (χ3n) is 6.48. The fourth-order valence-electron chi connectivity index (χ4n) is 4.41. The van der Waals surface area contributed by atoms with E-state index in [0.717, 1.165) is 42.0 Å². The Labute approximate surface area is 253 Å². The predicted octanol–water partition coefficient (Wildman–Crippen LogP) is 4.16. The van der Waals surface area contributed by atoms with Crippen LogP contribution in [0.1, 0.15) is 52.4 Å². The van der Waals surface area contributed by atoms with Crippen LogP contribution in [0.15, 0.2) is 36.4 Å². The molecule has 0 bridgehead atoms. The first-order chi connectivity index (χ1) is 20.8. The predicted molar refractivity (Wildman–Crippen MR) is 163 cm³/mol. The Bertz CT molecular complexity index is 1410. The van der Waals surface area contributed by atoms with E-state index < -0.39 is 41.7 Å². The summed E-state index contributed by atoms with van der Waals surface area (Å²) in [5.41, 5.74) is -1.03. The lowest BCUT2D eigenvalue weighted by atomic mass is 10.1. The van der Waals surface area contributed by atoms with Crippen molar-refractivity contribution in [2.45, 2.75) is 52.4 Å². The third-order valence-corrected chi connectivity index (χ3v) is 9.54. The molecule has 2 aromatic carbocycles. The first-order valence-corrected chi connectivity index (χ1v) is 16.9. The van der Waals surface area contributed by atoms with E-state index in [9.17, 15) is 48.7 Å². The quantitative estimate of drug-likeness (QED) is 0.0635. The van der Waals surface area contributed by atoms with Gasteiger partial charge in [0.25, 0.3) is 11.4 Å². The summed E-state index contributed by atoms with van der Waals surface area (Å²) in [6.45, 7) is 3.73. The lowest BCUT2D eigenvalue weighted by molar-refractivity contribution is -0.384. The van der Waals surface area contributed by atoms with Crippen LogP contribution in [-0.2, 0) is 27.8 Å². The Hall–Kier alpha value is -3.52. The summed E-state index contributed by atoms with van der Waals surface area (Å²) in [5.74, 6) is 0. The summed E-state index contributed by atoms with van der Waals surface area (Å²) in [7, 11) is -8.48. The van der Waals surface area contributed by atoms with E-state index in [1.807, 2.05) is 0 Å². The largest absolute Gasteiger partial charge is 0.361 e. The number of unbranched alkanes of at least 4 members (excludes halogenated alkanes) is 5. The Kier molecular flexibility index (Phi) is 14.2. The van der Waals surface area contributed by atoms with Crippen LogP contribution >= 0.6 is 15.2 Å². The van der Waals surface area contributed by atoms with Gasteiger partial charge in [-0.05, 0) is 51.0 Å². The zero-order valence-electron chi connectivity index (χ0n) is 24.4. The third kappa shape index (κ3) is 10.0. The molecule has 0 heterocycles. The highest BCUT2D eigenvalue weighted by Gasteiger charge is 2.31. The Morgan fingerprint density at radius 1 is 0.727 bits per heavy atom. The van der Waals surface area contributed by atoms with Crippen molar-refractivity contribution in [2.75, 3.05) is 36.1 Å². The van der Waals surface area contributed by atoms with Gasteiger partial charge in [0.05, 0.1) is 33.7 Å². The second-order valence-corrected chi connectivity index (χ2v) is 13.1. The molecule has 18 heteroatoms. The van der Waals surface area contributed by atoms with Gasteiger partial charge in [-0.1, -0.05) is 25.7 Å². The van der Waals surface area contributed by atoms with Crippen LogP contribution in [0.5, 0.6) is 0 Å². The molecule has 0 aliphatic rings. The fraction of sp³-hybridized carbons (Fsp3) is 0.462. The average Bonchev–Trinajstić information content (AvgIpc) is 2.97. The number of anilines is 2. The van der Waals surface area contributed by atoms with Gasteiger partial charge < -0.3 is 28.6 Å². The minimum Gasteiger partial charge on any atom is -0.321 e. The number of hydrogen-bond acceptors (Lipinski definition) is 10. The van der Waals surface area contributed by atoms with Crippen molar-refractivity contribution in [1.29, 1.82) is 0 Å². The molecule has 2 amide bonds. The molecule has 0 fully saturated rings. The molecule has 242 valence electrons. The number of nitrogens with zero attached hydrogens (tertiary/aromatic N) is 4. The lowest BCUT2D eigenvalue weighted by Gasteiger charge is -2.20. The number of nitro groups is 2. The molecule has 2 aromatic rings. The summed E-state index contributed by atoms with van der Waals surface area (Å²) < 4.78 is 35.0. The summed E-state index contributed by atoms with van der Waals surface area (Å²) in [4.78, 5) is 66.1. The highest BCUT2D eigenvalue weighted by molar-refractivity contribution is 7.62. The molecule has 0 aromatic heterocycles. The number of benzene rings is 2. The molecule has 44 heavy (non-hydrogen) atoms. The van der Waals surface area contributed by atoms with E-state index in [1.165, 1.54) is 17.0 Å². The summed E-state index contributed by atoms with van der Waals surface area (Å²) in [6, 6.07) is 6.77. The molecule has 16 nitrogen and oxygen atoms in total. The number of rotatable bonds is 21. The average molecular weight is 659 g/mol. The molecule has 2 rings (SSSR count). The van der Waals surface area contributed by atoms with Crippen molar-refractivity contribution in [3.8, 4) is 0 Å². The summed E-state index contributed by atoms with van der Waals surface area (Å²) in [5, 5.41) is 22.7. The number of amides is 2. The van der Waals surface area contributed by atoms with Crippen molar-refractivity contribution in [3.63, 3.8) is 0 Å². The Morgan fingerprint density at radius 3 is 1.48 bits per heavy atom. The molecule has 0 aliphatic carbocycles. The van der Waals surface area contributed by atoms with Gasteiger partial charge in [-0.25, -0.2) is 0 Å². The van der Waals surface area contributed by atoms with E-state index in [2.05, 4.69) is 0 Å². The monoisotopic (exact) mass is 658 g/mol. The van der Waals surface area contributed by atoms with Crippen molar-refractivity contribution in [1.82, 2.24) is 0 Å². The molecule has 0 radical (unpaired) electrons. The molecule has 0 aliphatic heterocycles. The molecule has 0 spiro atoms. The van der Waals surface area contributed by atoms with Gasteiger partial charge in [-0.2, -0.15) is 0 Å². The van der Waals surface area contributed by atoms with Crippen molar-refractivity contribution in [3.05, 3.63) is 56.6 Å². The summed E-state index contributed by atoms with van der Waals surface area (Å²) in [6.07, 6.45) is 4.80. The molecular weight excluding hydrogens is 622 g/mol. The number of hydrogen-bond donors (Lipinski definition) is 2. The van der Waals surface area contributed by atoms with Gasteiger partial charge in [0, 0.05) is 25.2 Å². The SMILES string of the molecule is CCOP(=O)(OCC)c1ccc(N(C=O)CCCCCCCCN(C=O)c2ccc(P(=O)(O)O)cc2[N+](=O)[O-])c([N+](=O)[O-])c1. The van der Waals surface area contributed by atoms with Crippen LogP contribution < -0.4 is 20.4 Å². The maximum atomic E-state index is 13.0. The maximum absolute atomic E-state index is 13.0. The van der Waals surface area contributed by atoms with Crippen molar-refractivity contribution in [2.24, 2.45) is 0 Å². The van der Waals surface area contributed by atoms with Gasteiger partial charge >= 0.3 is 15.2 Å². The number of carbonyl (C=O) groups is 2. The first-order valence-electron chi connectivity index (χ1n) is 13.8. The topological polar surface area (TPSA) is 220 Å². The highest BCUT2D eigenvalue weighted by atomic mass is 31.2. The van der Waals surface area contributed by atoms with Gasteiger partial charge in [0.1, 0.15) is 11.4 Å². The van der Waals surface area contributed by atoms with Gasteiger partial charge in [0.2, 0.25) is 12.8 Å². The number of nitro benzene ring substituents is 2. The molecule has 0 atom stereocenters. The van der Waals surface area contributed by atoms with E-state index in [-0.39, 0.29) is 43.0 Å². The van der Waals surface area contributed by atoms with Crippen LogP contribution in [-0.4, -0.2) is 58.8 Å². The molecular formula is C26H36N4O12P2. The number of carbonyl (C=O) groups excluding carboxylic acids is 2. The van der Waals surface area contributed by atoms with Gasteiger partial charge in [-0.3, -0.25) is 38.9 Å². The van der Waals surface area contributed by atoms with Crippen molar-refractivity contribution >= 4 is 61.4 Å². The minimum absolute atomic E-state index is 0.0170. The van der Waals surface area contributed by atoms with E-state index in [0.29, 0.717) is 38.5 Å². The van der Waals surface area contributed by atoms with E-state index in [1.54, 1.807) is 13.8 Å². The first kappa shape index (κ1) is 36.7. The highest BCUT2D eigenvalue weighted by Crippen LogP contribution is 2.48. The van der Waals surface area contributed by atoms with Gasteiger partial charge in [-0.15, -0.1) is 0 Å². The Morgan fingerprint density at radius 2 is 1.11 bits per heavy atom. The zero-order valence-corrected chi connectivity index (χ0v) is 26.1. The summed E-state index contributed by atoms with van der Waals surface area (Å²) >= 11 is 0. The zero-order chi connectivity index (χ0) is 32.9. The van der Waals surface area contributed by atoms with Crippen LogP contribution in [0.3, 0.4) is 0 Å². The molecule has 0 saturated carbocycles. The minimum atomic E-state index is -4.71. The van der Waals surface area contributed by atoms with Crippen molar-refractivity contribution < 1.29 is 47.4 Å². The molecule has 0 saturated heterocycles. The normalized spacial score (nSPS) is 11.6. The van der Waals surface area contributed by atoms with Crippen LogP contribution in [0.25, 0.3) is 0 Å². The maximum Gasteiger partial charge on any atom is 0.361 e. The lowest BCUT2D eigenvalue weighted by Crippen LogP contribution is -2.24. The van der Waals surface area contributed by atoms with Crippen LogP contribution in [0.2, 0.25) is 0 Å². The van der Waals surface area contributed by atoms with Crippen LogP contribution in [0, 0.1) is 20.2 Å². The van der Waals surface area contributed by atoms with E-state index >= 15 is 0 Å². The standard InChI is InChI=1S/C26H36N4O12P2/c1-3-41-44(40,42-4-2)22-12-14-24(26(18-22)30(35)36)28(20-32)16-10-8-6-5-7-9-15-27(19-31)23-13-11-21(43(37,38)39)17-25(23)29(33)34/h11-14,17-20H,3-10,15-16H2,1-2H3,(H2,37,38,39). The van der Waals surface area contributed by atoms with Crippen LogP contribution in [0.4, 0.5) is 22.7 Å². The fourth-order valence-corrected chi connectivity index (χ4v) is 6.56. The molecule has 2 N–H and O–H groups in total. The van der Waals surface area contributed by atoms with Gasteiger partial charge in [0.15, 0.2) is 0 Å². The second-order valence-electron chi connectivity index (χ2n) is 9.46. The molecule has 0 unspecified atom stereocenters.